The molecule has 0 aromatic rings. The zero-order valence-corrected chi connectivity index (χ0v) is 8.30. The van der Waals surface area contributed by atoms with Crippen LogP contribution in [0.1, 0.15) is 32.6 Å². The molecule has 0 aromatic carbocycles. The molecule has 1 aliphatic carbocycles. The summed E-state index contributed by atoms with van der Waals surface area (Å²) in [6, 6.07) is 0. The smallest absolute Gasteiger partial charge is 0.333 e. The van der Waals surface area contributed by atoms with Gasteiger partial charge in [0, 0.05) is 5.57 Å². The predicted molar refractivity (Wildman–Crippen MR) is 52.3 cm³/mol. The number of methoxy groups -OCH3 is 1. The van der Waals surface area contributed by atoms with Crippen LogP contribution >= 0.6 is 0 Å². The van der Waals surface area contributed by atoms with Crippen molar-refractivity contribution in [2.75, 3.05) is 7.11 Å². The lowest BCUT2D eigenvalue weighted by Gasteiger charge is -2.09. The number of carbonyl (C=O) groups is 1. The van der Waals surface area contributed by atoms with Gasteiger partial charge in [0.15, 0.2) is 0 Å². The number of ether oxygens (including phenoxy) is 1. The van der Waals surface area contributed by atoms with Crippen LogP contribution in [0.5, 0.6) is 0 Å². The molecule has 0 radical (unpaired) electrons. The van der Waals surface area contributed by atoms with E-state index in [1.54, 1.807) is 6.92 Å². The summed E-state index contributed by atoms with van der Waals surface area (Å²) in [5.41, 5.74) is 1.96. The van der Waals surface area contributed by atoms with E-state index >= 15 is 0 Å². The molecule has 0 amide bonds. The molecule has 0 saturated heterocycles. The predicted octanol–water partition coefficient (Wildman–Crippen LogP) is 2.61. The minimum absolute atomic E-state index is 0.230. The molecule has 0 aromatic heterocycles. The Morgan fingerprint density at radius 2 is 2.31 bits per heavy atom. The van der Waals surface area contributed by atoms with Crippen molar-refractivity contribution in [3.8, 4) is 0 Å². The Labute approximate surface area is 79.3 Å². The molecule has 0 fully saturated rings. The number of allylic oxidation sites excluding steroid dienone is 3. The molecule has 0 bridgehead atoms. The number of hydrogen-bond donors (Lipinski definition) is 0. The molecule has 0 saturated carbocycles. The van der Waals surface area contributed by atoms with Crippen LogP contribution in [0.3, 0.4) is 0 Å². The largest absolute Gasteiger partial charge is 0.466 e. The summed E-state index contributed by atoms with van der Waals surface area (Å²) >= 11 is 0. The second-order valence-electron chi connectivity index (χ2n) is 3.34. The van der Waals surface area contributed by atoms with E-state index in [1.165, 1.54) is 25.5 Å². The monoisotopic (exact) mass is 180 g/mol. The Kier molecular flexibility index (Phi) is 3.74. The fourth-order valence-corrected chi connectivity index (χ4v) is 1.49. The maximum absolute atomic E-state index is 11.1. The summed E-state index contributed by atoms with van der Waals surface area (Å²) in [6.07, 6.45) is 8.88. The fourth-order valence-electron chi connectivity index (χ4n) is 1.49. The highest BCUT2D eigenvalue weighted by atomic mass is 16.5. The van der Waals surface area contributed by atoms with Crippen LogP contribution in [0.15, 0.2) is 23.3 Å². The number of carbonyl (C=O) groups excluding carboxylic acids is 1. The number of hydrogen-bond acceptors (Lipinski definition) is 2. The average Bonchev–Trinajstić information content (AvgIpc) is 2.18. The van der Waals surface area contributed by atoms with Crippen LogP contribution in [-0.2, 0) is 9.53 Å². The van der Waals surface area contributed by atoms with E-state index < -0.39 is 0 Å². The van der Waals surface area contributed by atoms with Crippen molar-refractivity contribution in [3.05, 3.63) is 23.3 Å². The zero-order chi connectivity index (χ0) is 9.68. The third kappa shape index (κ3) is 3.05. The van der Waals surface area contributed by atoms with Crippen LogP contribution < -0.4 is 0 Å². The van der Waals surface area contributed by atoms with Crippen molar-refractivity contribution >= 4 is 5.97 Å². The SMILES string of the molecule is COC(=O)/C(C)=C/C1=CCCCC1. The summed E-state index contributed by atoms with van der Waals surface area (Å²) in [7, 11) is 1.41. The van der Waals surface area contributed by atoms with Crippen LogP contribution in [0.4, 0.5) is 0 Å². The Morgan fingerprint density at radius 1 is 1.54 bits per heavy atom. The first-order chi connectivity index (χ1) is 6.24. The van der Waals surface area contributed by atoms with Gasteiger partial charge in [-0.15, -0.1) is 0 Å². The summed E-state index contributed by atoms with van der Waals surface area (Å²) in [4.78, 5) is 11.1. The molecule has 0 unspecified atom stereocenters. The summed E-state index contributed by atoms with van der Waals surface area (Å²) in [6.45, 7) is 1.79. The van der Waals surface area contributed by atoms with Crippen molar-refractivity contribution in [1.29, 1.82) is 0 Å². The Hall–Kier alpha value is -1.05. The molecule has 0 atom stereocenters. The van der Waals surface area contributed by atoms with Gasteiger partial charge >= 0.3 is 5.97 Å². The van der Waals surface area contributed by atoms with Gasteiger partial charge in [-0.3, -0.25) is 0 Å². The minimum Gasteiger partial charge on any atom is -0.466 e. The highest BCUT2D eigenvalue weighted by Crippen LogP contribution is 2.19. The van der Waals surface area contributed by atoms with E-state index in [4.69, 9.17) is 0 Å². The first-order valence-electron chi connectivity index (χ1n) is 4.69. The lowest BCUT2D eigenvalue weighted by atomic mass is 9.98. The molecule has 0 spiro atoms. The van der Waals surface area contributed by atoms with Crippen molar-refractivity contribution in [3.63, 3.8) is 0 Å². The fraction of sp³-hybridized carbons (Fsp3) is 0.545. The van der Waals surface area contributed by atoms with E-state index in [0.717, 1.165) is 12.8 Å². The molecule has 2 heteroatoms. The lowest BCUT2D eigenvalue weighted by Crippen LogP contribution is -2.02. The van der Waals surface area contributed by atoms with E-state index in [2.05, 4.69) is 10.8 Å². The molecule has 0 aliphatic heterocycles. The quantitative estimate of drug-likeness (QED) is 0.482. The number of esters is 1. The Morgan fingerprint density at radius 3 is 2.85 bits per heavy atom. The van der Waals surface area contributed by atoms with Crippen molar-refractivity contribution in [1.82, 2.24) is 0 Å². The van der Waals surface area contributed by atoms with Crippen molar-refractivity contribution in [2.45, 2.75) is 32.6 Å². The first-order valence-corrected chi connectivity index (χ1v) is 4.69. The molecule has 0 N–H and O–H groups in total. The summed E-state index contributed by atoms with van der Waals surface area (Å²) < 4.78 is 4.62. The summed E-state index contributed by atoms with van der Waals surface area (Å²) in [5.74, 6) is -0.230. The van der Waals surface area contributed by atoms with Gasteiger partial charge in [-0.2, -0.15) is 0 Å². The number of rotatable bonds is 2. The van der Waals surface area contributed by atoms with E-state index in [9.17, 15) is 4.79 Å². The van der Waals surface area contributed by atoms with Crippen LogP contribution in [0, 0.1) is 0 Å². The lowest BCUT2D eigenvalue weighted by molar-refractivity contribution is -0.136. The topological polar surface area (TPSA) is 26.3 Å². The molecular weight excluding hydrogens is 164 g/mol. The van der Waals surface area contributed by atoms with Crippen molar-refractivity contribution < 1.29 is 9.53 Å². The third-order valence-electron chi connectivity index (χ3n) is 2.24. The van der Waals surface area contributed by atoms with Gasteiger partial charge in [0.25, 0.3) is 0 Å². The molecule has 1 aliphatic rings. The standard InChI is InChI=1S/C11H16O2/c1-9(11(12)13-2)8-10-6-4-3-5-7-10/h6,8H,3-5,7H2,1-2H3/b9-8+. The second-order valence-corrected chi connectivity index (χ2v) is 3.34. The van der Waals surface area contributed by atoms with E-state index in [1.807, 2.05) is 6.08 Å². The Balaban J connectivity index is 2.63. The highest BCUT2D eigenvalue weighted by molar-refractivity contribution is 5.88. The molecule has 0 heterocycles. The highest BCUT2D eigenvalue weighted by Gasteiger charge is 2.05. The third-order valence-corrected chi connectivity index (χ3v) is 2.24. The summed E-state index contributed by atoms with van der Waals surface area (Å²) in [5, 5.41) is 0. The Bertz CT molecular complexity index is 249. The van der Waals surface area contributed by atoms with Gasteiger partial charge in [0.1, 0.15) is 0 Å². The van der Waals surface area contributed by atoms with Crippen LogP contribution in [0.2, 0.25) is 0 Å². The zero-order valence-electron chi connectivity index (χ0n) is 8.30. The van der Waals surface area contributed by atoms with Crippen molar-refractivity contribution in [2.24, 2.45) is 0 Å². The first kappa shape index (κ1) is 10.0. The second kappa shape index (κ2) is 4.85. The van der Waals surface area contributed by atoms with E-state index in [-0.39, 0.29) is 5.97 Å². The normalized spacial score (nSPS) is 18.0. The van der Waals surface area contributed by atoms with Gasteiger partial charge < -0.3 is 4.74 Å². The molecule has 1 rings (SSSR count). The van der Waals surface area contributed by atoms with E-state index in [0.29, 0.717) is 5.57 Å². The van der Waals surface area contributed by atoms with Gasteiger partial charge in [-0.1, -0.05) is 11.6 Å². The van der Waals surface area contributed by atoms with Gasteiger partial charge in [-0.05, 0) is 38.7 Å². The maximum Gasteiger partial charge on any atom is 0.333 e. The average molecular weight is 180 g/mol. The van der Waals surface area contributed by atoms with Crippen LogP contribution in [-0.4, -0.2) is 13.1 Å². The molecule has 2 nitrogen and oxygen atoms in total. The molecule has 72 valence electrons. The molecular formula is C11H16O2. The minimum atomic E-state index is -0.230. The maximum atomic E-state index is 11.1. The molecule has 13 heavy (non-hydrogen) atoms. The van der Waals surface area contributed by atoms with Gasteiger partial charge in [0.2, 0.25) is 0 Å². The van der Waals surface area contributed by atoms with Gasteiger partial charge in [0.05, 0.1) is 7.11 Å². The van der Waals surface area contributed by atoms with Crippen LogP contribution in [0.25, 0.3) is 0 Å². The van der Waals surface area contributed by atoms with Gasteiger partial charge in [-0.25, -0.2) is 4.79 Å².